The summed E-state index contributed by atoms with van der Waals surface area (Å²) in [5, 5.41) is 8.60. The lowest BCUT2D eigenvalue weighted by atomic mass is 10.4. The fourth-order valence-electron chi connectivity index (χ4n) is 1.07. The van der Waals surface area contributed by atoms with Crippen LogP contribution in [0.1, 0.15) is 14.5 Å². The third kappa shape index (κ3) is 0.991. The topological polar surface area (TPSA) is 46.5 Å². The molecule has 0 bridgehead atoms. The molecule has 0 spiro atoms. The van der Waals surface area contributed by atoms with Gasteiger partial charge in [0.2, 0.25) is 0 Å². The van der Waals surface area contributed by atoms with Crippen molar-refractivity contribution in [2.24, 2.45) is 0 Å². The molecule has 1 aliphatic rings. The summed E-state index contributed by atoms with van der Waals surface area (Å²) in [6.07, 6.45) is 0.854. The van der Waals surface area contributed by atoms with Gasteiger partial charge in [-0.05, 0) is 0 Å². The molecular weight excluding hydrogens is 164 g/mol. The van der Waals surface area contributed by atoms with E-state index < -0.39 is 5.97 Å². The number of aromatic carboxylic acids is 1. The van der Waals surface area contributed by atoms with Crippen LogP contribution >= 0.6 is 11.3 Å². The van der Waals surface area contributed by atoms with E-state index in [1.165, 1.54) is 11.3 Å². The van der Waals surface area contributed by atoms with E-state index in [9.17, 15) is 4.79 Å². The Kier molecular flexibility index (Phi) is 1.35. The van der Waals surface area contributed by atoms with Crippen LogP contribution in [0, 0.1) is 0 Å². The second-order valence-electron chi connectivity index (χ2n) is 2.30. The first-order valence-electron chi connectivity index (χ1n) is 3.26. The van der Waals surface area contributed by atoms with Gasteiger partial charge in [0, 0.05) is 12.5 Å². The highest BCUT2D eigenvalue weighted by Gasteiger charge is 2.18. The fourth-order valence-corrected chi connectivity index (χ4v) is 1.99. The number of hydrogen-bond acceptors (Lipinski definition) is 3. The highest BCUT2D eigenvalue weighted by atomic mass is 32.1. The van der Waals surface area contributed by atoms with Gasteiger partial charge < -0.3 is 9.84 Å². The highest BCUT2D eigenvalue weighted by molar-refractivity contribution is 7.14. The number of rotatable bonds is 1. The maximum Gasteiger partial charge on any atom is 0.346 e. The fraction of sp³-hybridized carbons (Fsp3) is 0.286. The van der Waals surface area contributed by atoms with E-state index in [2.05, 4.69) is 0 Å². The van der Waals surface area contributed by atoms with Crippen molar-refractivity contribution < 1.29 is 14.6 Å². The molecule has 1 aromatic rings. The predicted molar refractivity (Wildman–Crippen MR) is 40.5 cm³/mol. The van der Waals surface area contributed by atoms with Gasteiger partial charge in [0.25, 0.3) is 0 Å². The monoisotopic (exact) mass is 170 g/mol. The van der Waals surface area contributed by atoms with Crippen molar-refractivity contribution in [1.82, 2.24) is 0 Å². The lowest BCUT2D eigenvalue weighted by Gasteiger charge is -1.89. The number of carbonyl (C=O) groups is 1. The van der Waals surface area contributed by atoms with E-state index in [4.69, 9.17) is 9.84 Å². The summed E-state index contributed by atoms with van der Waals surface area (Å²) in [7, 11) is 0. The molecule has 3 nitrogen and oxygen atoms in total. The van der Waals surface area contributed by atoms with E-state index in [0.717, 1.165) is 17.0 Å². The molecule has 0 unspecified atom stereocenters. The molecule has 0 amide bonds. The smallest absolute Gasteiger partial charge is 0.346 e. The average Bonchev–Trinajstić information content (AvgIpc) is 2.40. The molecule has 1 aliphatic heterocycles. The minimum atomic E-state index is -0.868. The molecule has 2 heterocycles. The molecular formula is C7H6O3S. The molecule has 4 heteroatoms. The van der Waals surface area contributed by atoms with Gasteiger partial charge in [-0.25, -0.2) is 4.79 Å². The molecule has 0 saturated carbocycles. The van der Waals surface area contributed by atoms with Crippen molar-refractivity contribution in [3.63, 3.8) is 0 Å². The molecule has 2 rings (SSSR count). The number of carboxylic acid groups (broad SMARTS) is 1. The first-order valence-corrected chi connectivity index (χ1v) is 4.08. The summed E-state index contributed by atoms with van der Waals surface area (Å²) < 4.78 is 5.18. The Morgan fingerprint density at radius 1 is 1.73 bits per heavy atom. The summed E-state index contributed by atoms with van der Waals surface area (Å²) in [4.78, 5) is 11.9. The Labute approximate surface area is 67.2 Å². The van der Waals surface area contributed by atoms with Gasteiger partial charge in [0.1, 0.15) is 10.6 Å². The summed E-state index contributed by atoms with van der Waals surface area (Å²) in [6, 6.07) is 1.59. The maximum atomic E-state index is 10.5. The minimum Gasteiger partial charge on any atom is -0.492 e. The molecule has 0 saturated heterocycles. The zero-order valence-corrected chi connectivity index (χ0v) is 6.48. The van der Waals surface area contributed by atoms with E-state index in [1.54, 1.807) is 6.07 Å². The lowest BCUT2D eigenvalue weighted by Crippen LogP contribution is -1.92. The van der Waals surface area contributed by atoms with Crippen molar-refractivity contribution in [2.45, 2.75) is 6.42 Å². The Balaban J connectivity index is 2.42. The van der Waals surface area contributed by atoms with Crippen LogP contribution in [0.25, 0.3) is 0 Å². The van der Waals surface area contributed by atoms with Gasteiger partial charge in [-0.15, -0.1) is 11.3 Å². The Hall–Kier alpha value is -1.03. The van der Waals surface area contributed by atoms with Gasteiger partial charge in [-0.2, -0.15) is 0 Å². The standard InChI is InChI=1S/C7H6O3S/c8-7(9)6-3-4-5(11-6)1-2-10-4/h3H,1-2H2,(H,8,9). The Morgan fingerprint density at radius 3 is 3.18 bits per heavy atom. The Morgan fingerprint density at radius 2 is 2.55 bits per heavy atom. The van der Waals surface area contributed by atoms with Crippen LogP contribution in [0.3, 0.4) is 0 Å². The van der Waals surface area contributed by atoms with Gasteiger partial charge in [0.15, 0.2) is 0 Å². The second-order valence-corrected chi connectivity index (χ2v) is 3.44. The van der Waals surface area contributed by atoms with Gasteiger partial charge in [-0.3, -0.25) is 0 Å². The van der Waals surface area contributed by atoms with Crippen molar-refractivity contribution >= 4 is 17.3 Å². The third-order valence-corrected chi connectivity index (χ3v) is 2.73. The number of fused-ring (bicyclic) bond motifs is 1. The number of hydrogen-bond donors (Lipinski definition) is 1. The summed E-state index contributed by atoms with van der Waals surface area (Å²) in [6.45, 7) is 0.696. The van der Waals surface area contributed by atoms with Crippen LogP contribution in [-0.2, 0) is 6.42 Å². The van der Waals surface area contributed by atoms with Crippen molar-refractivity contribution in [3.8, 4) is 5.75 Å². The Bertz CT molecular complexity index is 281. The van der Waals surface area contributed by atoms with Crippen molar-refractivity contribution in [2.75, 3.05) is 6.61 Å². The maximum absolute atomic E-state index is 10.5. The van der Waals surface area contributed by atoms with Crippen LogP contribution in [0.4, 0.5) is 0 Å². The van der Waals surface area contributed by atoms with Crippen LogP contribution in [0.2, 0.25) is 0 Å². The molecule has 0 atom stereocenters. The van der Waals surface area contributed by atoms with Gasteiger partial charge in [-0.1, -0.05) is 0 Å². The van der Waals surface area contributed by atoms with E-state index >= 15 is 0 Å². The molecule has 58 valence electrons. The highest BCUT2D eigenvalue weighted by Crippen LogP contribution is 2.33. The first kappa shape index (κ1) is 6.67. The average molecular weight is 170 g/mol. The van der Waals surface area contributed by atoms with E-state index in [-0.39, 0.29) is 0 Å². The quantitative estimate of drug-likeness (QED) is 0.692. The number of carboxylic acids is 1. The normalized spacial score (nSPS) is 14.2. The van der Waals surface area contributed by atoms with Crippen molar-refractivity contribution in [1.29, 1.82) is 0 Å². The van der Waals surface area contributed by atoms with Gasteiger partial charge in [0.05, 0.1) is 11.5 Å². The molecule has 0 aromatic carbocycles. The molecule has 0 aliphatic carbocycles. The van der Waals surface area contributed by atoms with Crippen molar-refractivity contribution in [3.05, 3.63) is 15.8 Å². The minimum absolute atomic E-state index is 0.370. The van der Waals surface area contributed by atoms with Crippen LogP contribution in [0.15, 0.2) is 6.07 Å². The zero-order chi connectivity index (χ0) is 7.84. The SMILES string of the molecule is O=C(O)c1cc2c(s1)CCO2. The predicted octanol–water partition coefficient (Wildman–Crippen LogP) is 1.38. The first-order chi connectivity index (χ1) is 5.27. The molecule has 1 aromatic heterocycles. The van der Waals surface area contributed by atoms with Gasteiger partial charge >= 0.3 is 5.97 Å². The molecule has 0 radical (unpaired) electrons. The summed E-state index contributed by atoms with van der Waals surface area (Å²) in [5.74, 6) is -0.111. The zero-order valence-electron chi connectivity index (χ0n) is 5.66. The van der Waals surface area contributed by atoms with Crippen LogP contribution in [0.5, 0.6) is 5.75 Å². The largest absolute Gasteiger partial charge is 0.492 e. The van der Waals surface area contributed by atoms with E-state index in [0.29, 0.717) is 11.5 Å². The second kappa shape index (κ2) is 2.23. The summed E-state index contributed by atoms with van der Waals surface area (Å²) in [5.41, 5.74) is 0. The molecule has 11 heavy (non-hydrogen) atoms. The van der Waals surface area contributed by atoms with Crippen LogP contribution in [-0.4, -0.2) is 17.7 Å². The van der Waals surface area contributed by atoms with Crippen LogP contribution < -0.4 is 4.74 Å². The summed E-state index contributed by atoms with van der Waals surface area (Å²) >= 11 is 1.31. The lowest BCUT2D eigenvalue weighted by molar-refractivity contribution is 0.0702. The number of ether oxygens (including phenoxy) is 1. The number of thiophene rings is 1. The van der Waals surface area contributed by atoms with E-state index in [1.807, 2.05) is 0 Å². The molecule has 1 N–H and O–H groups in total. The third-order valence-electron chi connectivity index (χ3n) is 1.57. The molecule has 0 fully saturated rings.